The van der Waals surface area contributed by atoms with Crippen molar-refractivity contribution in [1.29, 1.82) is 0 Å². The molecule has 5 rings (SSSR count). The van der Waals surface area contributed by atoms with Gasteiger partial charge in [0.1, 0.15) is 5.02 Å². The van der Waals surface area contributed by atoms with Gasteiger partial charge in [0, 0.05) is 37.1 Å². The first-order valence-corrected chi connectivity index (χ1v) is 8.56. The Morgan fingerprint density at radius 1 is 1.33 bits per heavy atom. The van der Waals surface area contributed by atoms with Crippen molar-refractivity contribution in [1.82, 2.24) is 15.3 Å². The van der Waals surface area contributed by atoms with Crippen molar-refractivity contribution in [3.8, 4) is 0 Å². The normalized spacial score (nSPS) is 23.8. The van der Waals surface area contributed by atoms with Crippen LogP contribution in [0.15, 0.2) is 29.4 Å². The molecule has 2 bridgehead atoms. The molecule has 2 atom stereocenters. The van der Waals surface area contributed by atoms with Gasteiger partial charge in [-0.1, -0.05) is 17.7 Å². The number of aliphatic imine (C=N–C) groups is 1. The van der Waals surface area contributed by atoms with Crippen LogP contribution in [0.4, 0.5) is 17.5 Å². The number of aromatic nitrogens is 2. The number of hydrogen-bond acceptors (Lipinski definition) is 6. The second-order valence-corrected chi connectivity index (χ2v) is 6.93. The fraction of sp³-hybridized carbons (Fsp3) is 0.353. The summed E-state index contributed by atoms with van der Waals surface area (Å²) in [7, 11) is 0. The van der Waals surface area contributed by atoms with Crippen LogP contribution in [0.25, 0.3) is 0 Å². The SMILES string of the molecule is Clc1cnc(N2CC3CC2CN3)nc1Nc1ccc2c(c1)C=NC2. The van der Waals surface area contributed by atoms with E-state index in [1.807, 2.05) is 12.3 Å². The maximum absolute atomic E-state index is 6.30. The highest BCUT2D eigenvalue weighted by Crippen LogP contribution is 2.31. The standard InChI is InChI=1S/C17H17ClN6/c18-15-8-21-17(24-9-13-4-14(24)7-20-13)23-16(15)22-12-2-1-10-5-19-6-11(10)3-12/h1-3,6,8,13-14,20H,4-5,7,9H2,(H,21,22,23). The van der Waals surface area contributed by atoms with E-state index in [-0.39, 0.29) is 0 Å². The van der Waals surface area contributed by atoms with E-state index in [0.29, 0.717) is 22.9 Å². The van der Waals surface area contributed by atoms with Crippen LogP contribution in [0.3, 0.4) is 0 Å². The molecule has 2 N–H and O–H groups in total. The molecule has 0 radical (unpaired) electrons. The molecule has 0 saturated carbocycles. The van der Waals surface area contributed by atoms with Crippen molar-refractivity contribution in [3.05, 3.63) is 40.5 Å². The lowest BCUT2D eigenvalue weighted by atomic mass is 10.1. The van der Waals surface area contributed by atoms with Crippen LogP contribution >= 0.6 is 11.6 Å². The third-order valence-electron chi connectivity index (χ3n) is 4.95. The molecule has 4 heterocycles. The number of nitrogens with one attached hydrogen (secondary N) is 2. The first-order chi connectivity index (χ1) is 11.8. The molecule has 1 aromatic carbocycles. The average Bonchev–Trinajstić information content (AvgIpc) is 3.32. The first-order valence-electron chi connectivity index (χ1n) is 8.18. The average molecular weight is 341 g/mol. The summed E-state index contributed by atoms with van der Waals surface area (Å²) >= 11 is 6.30. The molecule has 2 unspecified atom stereocenters. The van der Waals surface area contributed by atoms with Crippen molar-refractivity contribution >= 4 is 35.3 Å². The molecule has 2 fully saturated rings. The van der Waals surface area contributed by atoms with Gasteiger partial charge in [-0.3, -0.25) is 4.99 Å². The molecule has 6 nitrogen and oxygen atoms in total. The van der Waals surface area contributed by atoms with Crippen molar-refractivity contribution in [2.24, 2.45) is 4.99 Å². The lowest BCUT2D eigenvalue weighted by Crippen LogP contribution is -2.44. The minimum absolute atomic E-state index is 0.486. The van der Waals surface area contributed by atoms with Crippen LogP contribution in [0.5, 0.6) is 0 Å². The van der Waals surface area contributed by atoms with Gasteiger partial charge < -0.3 is 15.5 Å². The number of nitrogens with zero attached hydrogens (tertiary/aromatic N) is 4. The molecule has 3 aliphatic heterocycles. The van der Waals surface area contributed by atoms with E-state index >= 15 is 0 Å². The monoisotopic (exact) mass is 340 g/mol. The Morgan fingerprint density at radius 3 is 3.12 bits per heavy atom. The number of anilines is 3. The number of benzene rings is 1. The van der Waals surface area contributed by atoms with Gasteiger partial charge >= 0.3 is 0 Å². The van der Waals surface area contributed by atoms with Gasteiger partial charge in [-0.05, 0) is 29.7 Å². The fourth-order valence-electron chi connectivity index (χ4n) is 3.71. The lowest BCUT2D eigenvalue weighted by Gasteiger charge is -2.27. The van der Waals surface area contributed by atoms with Gasteiger partial charge in [0.25, 0.3) is 0 Å². The lowest BCUT2D eigenvalue weighted by molar-refractivity contribution is 0.572. The quantitative estimate of drug-likeness (QED) is 0.898. The first kappa shape index (κ1) is 14.2. The van der Waals surface area contributed by atoms with E-state index in [0.717, 1.165) is 36.8 Å². The van der Waals surface area contributed by atoms with Gasteiger partial charge in [-0.25, -0.2) is 4.98 Å². The number of rotatable bonds is 3. The molecule has 24 heavy (non-hydrogen) atoms. The minimum Gasteiger partial charge on any atom is -0.339 e. The van der Waals surface area contributed by atoms with Gasteiger partial charge in [0.15, 0.2) is 5.82 Å². The fourth-order valence-corrected chi connectivity index (χ4v) is 3.84. The van der Waals surface area contributed by atoms with E-state index < -0.39 is 0 Å². The third kappa shape index (κ3) is 2.34. The molecule has 1 aromatic heterocycles. The number of hydrogen-bond donors (Lipinski definition) is 2. The van der Waals surface area contributed by atoms with E-state index in [1.165, 1.54) is 12.0 Å². The molecule has 0 amide bonds. The summed E-state index contributed by atoms with van der Waals surface area (Å²) in [5.74, 6) is 1.39. The highest BCUT2D eigenvalue weighted by Gasteiger charge is 2.38. The third-order valence-corrected chi connectivity index (χ3v) is 5.22. The van der Waals surface area contributed by atoms with Crippen LogP contribution in [0.2, 0.25) is 5.02 Å². The molecule has 2 aromatic rings. The Morgan fingerprint density at radius 2 is 2.29 bits per heavy atom. The predicted octanol–water partition coefficient (Wildman–Crippen LogP) is 2.36. The Bertz CT molecular complexity index is 836. The van der Waals surface area contributed by atoms with E-state index in [4.69, 9.17) is 11.6 Å². The Kier molecular flexibility index (Phi) is 3.21. The van der Waals surface area contributed by atoms with Gasteiger partial charge in [0.2, 0.25) is 5.95 Å². The summed E-state index contributed by atoms with van der Waals surface area (Å²) in [6.45, 7) is 2.73. The topological polar surface area (TPSA) is 65.4 Å². The molecule has 3 aliphatic rings. The van der Waals surface area contributed by atoms with Crippen LogP contribution in [0.1, 0.15) is 17.5 Å². The zero-order valence-electron chi connectivity index (χ0n) is 13.0. The largest absolute Gasteiger partial charge is 0.339 e. The molecule has 0 aliphatic carbocycles. The second kappa shape index (κ2) is 5.43. The Labute approximate surface area is 145 Å². The zero-order valence-corrected chi connectivity index (χ0v) is 13.8. The molecule has 7 heteroatoms. The van der Waals surface area contributed by atoms with Gasteiger partial charge in [-0.2, -0.15) is 4.98 Å². The highest BCUT2D eigenvalue weighted by atomic mass is 35.5. The molecular formula is C17H17ClN6. The van der Waals surface area contributed by atoms with Crippen LogP contribution in [-0.2, 0) is 6.54 Å². The molecular weight excluding hydrogens is 324 g/mol. The summed E-state index contributed by atoms with van der Waals surface area (Å²) in [5, 5.41) is 7.34. The summed E-state index contributed by atoms with van der Waals surface area (Å²) in [5.41, 5.74) is 3.35. The van der Waals surface area contributed by atoms with Crippen LogP contribution in [-0.4, -0.2) is 41.4 Å². The van der Waals surface area contributed by atoms with E-state index in [1.54, 1.807) is 6.20 Å². The maximum atomic E-state index is 6.30. The molecule has 2 saturated heterocycles. The molecule has 122 valence electrons. The van der Waals surface area contributed by atoms with Crippen LogP contribution in [0, 0.1) is 0 Å². The van der Waals surface area contributed by atoms with Gasteiger partial charge in [-0.15, -0.1) is 0 Å². The van der Waals surface area contributed by atoms with Crippen LogP contribution < -0.4 is 15.5 Å². The summed E-state index contributed by atoms with van der Waals surface area (Å²) < 4.78 is 0. The van der Waals surface area contributed by atoms with Crippen molar-refractivity contribution in [3.63, 3.8) is 0 Å². The molecule has 0 spiro atoms. The maximum Gasteiger partial charge on any atom is 0.227 e. The predicted molar refractivity (Wildman–Crippen MR) is 95.6 cm³/mol. The Balaban J connectivity index is 1.43. The van der Waals surface area contributed by atoms with E-state index in [9.17, 15) is 0 Å². The van der Waals surface area contributed by atoms with E-state index in [2.05, 4.69) is 42.6 Å². The minimum atomic E-state index is 0.486. The number of fused-ring (bicyclic) bond motifs is 3. The van der Waals surface area contributed by atoms with Crippen molar-refractivity contribution in [2.75, 3.05) is 23.3 Å². The highest BCUT2D eigenvalue weighted by molar-refractivity contribution is 6.32. The van der Waals surface area contributed by atoms with Gasteiger partial charge in [0.05, 0.1) is 12.7 Å². The number of piperazine rings is 1. The Hall–Kier alpha value is -2.18. The number of halogens is 1. The summed E-state index contributed by atoms with van der Waals surface area (Å²) in [4.78, 5) is 15.7. The smallest absolute Gasteiger partial charge is 0.227 e. The zero-order chi connectivity index (χ0) is 16.1. The second-order valence-electron chi connectivity index (χ2n) is 6.52. The van der Waals surface area contributed by atoms with Crippen molar-refractivity contribution < 1.29 is 0 Å². The summed E-state index contributed by atoms with van der Waals surface area (Å²) in [6.07, 6.45) is 4.75. The van der Waals surface area contributed by atoms with Crippen molar-refractivity contribution in [2.45, 2.75) is 25.0 Å². The summed E-state index contributed by atoms with van der Waals surface area (Å²) in [6, 6.07) is 7.24.